The van der Waals surface area contributed by atoms with E-state index in [1.807, 2.05) is 7.05 Å². The van der Waals surface area contributed by atoms with Gasteiger partial charge in [0, 0.05) is 60.8 Å². The maximum absolute atomic E-state index is 13.5. The van der Waals surface area contributed by atoms with E-state index in [0.29, 0.717) is 21.8 Å². The fraction of sp³-hybridized carbons (Fsp3) is 0.179. The van der Waals surface area contributed by atoms with E-state index < -0.39 is 16.6 Å². The molecule has 2 heterocycles. The van der Waals surface area contributed by atoms with Crippen LogP contribution in [0.4, 0.5) is 27.1 Å². The van der Waals surface area contributed by atoms with Gasteiger partial charge in [-0.2, -0.15) is 0 Å². The van der Waals surface area contributed by atoms with Gasteiger partial charge in [0.15, 0.2) is 4.32 Å². The fourth-order valence-corrected chi connectivity index (χ4v) is 5.75. The topological polar surface area (TPSA) is 99.0 Å². The zero-order valence-electron chi connectivity index (χ0n) is 21.4. The number of thioether (sulfide) groups is 1. The number of carbonyl (C=O) groups excluding carboxylic acids is 2. The second-order valence-electron chi connectivity index (χ2n) is 9.32. The predicted molar refractivity (Wildman–Crippen MR) is 159 cm³/mol. The van der Waals surface area contributed by atoms with Crippen LogP contribution in [0.25, 0.3) is 6.08 Å². The van der Waals surface area contributed by atoms with Crippen LogP contribution in [-0.2, 0) is 4.79 Å². The lowest BCUT2D eigenvalue weighted by atomic mass is 10.1. The van der Waals surface area contributed by atoms with E-state index in [9.17, 15) is 24.1 Å². The molecule has 0 unspecified atom stereocenters. The SMILES string of the molecule is CN1CCN(c2ccc([N+](=O)[O-])cc2/C=C2/SC(=S)N(c3cccc(C(=O)Nc4ccc(F)cc4)c3)C2=O)CC1. The molecule has 0 saturated carbocycles. The number of anilines is 3. The number of halogens is 1. The number of carbonyl (C=O) groups is 2. The first-order chi connectivity index (χ1) is 19.2. The largest absolute Gasteiger partial charge is 0.368 e. The highest BCUT2D eigenvalue weighted by Gasteiger charge is 2.34. The summed E-state index contributed by atoms with van der Waals surface area (Å²) in [5.74, 6) is -1.23. The van der Waals surface area contributed by atoms with E-state index in [-0.39, 0.29) is 21.5 Å². The van der Waals surface area contributed by atoms with E-state index in [1.54, 1.807) is 36.4 Å². The molecule has 3 aromatic rings. The van der Waals surface area contributed by atoms with E-state index in [4.69, 9.17) is 12.2 Å². The third kappa shape index (κ3) is 5.88. The first-order valence-corrected chi connectivity index (χ1v) is 13.6. The Morgan fingerprint density at radius 3 is 2.50 bits per heavy atom. The Hall–Kier alpha value is -4.13. The van der Waals surface area contributed by atoms with Crippen molar-refractivity contribution in [1.29, 1.82) is 0 Å². The minimum atomic E-state index is -0.460. The number of likely N-dealkylation sites (N-methyl/N-ethyl adjacent to an activating group) is 1. The summed E-state index contributed by atoms with van der Waals surface area (Å²) < 4.78 is 13.5. The number of non-ortho nitro benzene ring substituents is 1. The molecule has 0 atom stereocenters. The molecule has 12 heteroatoms. The van der Waals surface area contributed by atoms with Crippen molar-refractivity contribution in [1.82, 2.24) is 4.90 Å². The number of nitro groups is 1. The van der Waals surface area contributed by atoms with Crippen LogP contribution in [-0.4, -0.2) is 59.2 Å². The van der Waals surface area contributed by atoms with E-state index in [2.05, 4.69) is 15.1 Å². The number of piperazine rings is 1. The summed E-state index contributed by atoms with van der Waals surface area (Å²) in [6, 6.07) is 16.5. The molecule has 0 spiro atoms. The van der Waals surface area contributed by atoms with Crippen molar-refractivity contribution in [3.05, 3.63) is 98.7 Å². The molecule has 3 aromatic carbocycles. The van der Waals surface area contributed by atoms with Gasteiger partial charge < -0.3 is 15.1 Å². The summed E-state index contributed by atoms with van der Waals surface area (Å²) in [7, 11) is 2.04. The summed E-state index contributed by atoms with van der Waals surface area (Å²) in [5.41, 5.74) is 2.43. The molecule has 0 radical (unpaired) electrons. The molecule has 2 fully saturated rings. The summed E-state index contributed by atoms with van der Waals surface area (Å²) >= 11 is 6.62. The molecular weight excluding hydrogens is 553 g/mol. The lowest BCUT2D eigenvalue weighted by Crippen LogP contribution is -2.44. The minimum Gasteiger partial charge on any atom is -0.368 e. The van der Waals surface area contributed by atoms with Crippen molar-refractivity contribution in [2.75, 3.05) is 48.3 Å². The summed E-state index contributed by atoms with van der Waals surface area (Å²) in [4.78, 5) is 43.4. The molecule has 1 N–H and O–H groups in total. The Labute approximate surface area is 239 Å². The van der Waals surface area contributed by atoms with Crippen LogP contribution in [0.1, 0.15) is 15.9 Å². The number of nitro benzene ring substituents is 1. The van der Waals surface area contributed by atoms with Gasteiger partial charge in [-0.05, 0) is 61.7 Å². The zero-order chi connectivity index (χ0) is 28.4. The molecular formula is C28H24FN5O4S2. The first-order valence-electron chi connectivity index (χ1n) is 12.4. The van der Waals surface area contributed by atoms with Gasteiger partial charge in [0.05, 0.1) is 15.5 Å². The van der Waals surface area contributed by atoms with Crippen LogP contribution >= 0.6 is 24.0 Å². The smallest absolute Gasteiger partial charge is 0.270 e. The van der Waals surface area contributed by atoms with Crippen molar-refractivity contribution in [2.45, 2.75) is 0 Å². The standard InChI is InChI=1S/C28H24FN5O4S2/c1-31-11-13-32(14-12-31)24-10-9-23(34(37)38)16-19(24)17-25-27(36)33(28(39)40-25)22-4-2-3-18(15-22)26(35)30-21-7-5-20(29)6-8-21/h2-10,15-17H,11-14H2,1H3,(H,30,35)/b25-17+. The Kier molecular flexibility index (Phi) is 7.92. The molecule has 0 aliphatic carbocycles. The molecule has 9 nitrogen and oxygen atoms in total. The molecule has 2 aliphatic heterocycles. The third-order valence-electron chi connectivity index (χ3n) is 6.61. The average Bonchev–Trinajstić information content (AvgIpc) is 3.22. The van der Waals surface area contributed by atoms with Crippen LogP contribution in [0.15, 0.2) is 71.6 Å². The van der Waals surface area contributed by atoms with E-state index in [0.717, 1.165) is 43.6 Å². The maximum atomic E-state index is 13.5. The third-order valence-corrected chi connectivity index (χ3v) is 7.92. The Balaban J connectivity index is 1.42. The highest BCUT2D eigenvalue weighted by atomic mass is 32.2. The number of nitrogens with zero attached hydrogens (tertiary/aromatic N) is 4. The number of hydrogen-bond acceptors (Lipinski definition) is 8. The Morgan fingerprint density at radius 1 is 1.07 bits per heavy atom. The number of hydrogen-bond donors (Lipinski definition) is 1. The fourth-order valence-electron chi connectivity index (χ4n) is 4.46. The minimum absolute atomic E-state index is 0.0699. The van der Waals surface area contributed by atoms with E-state index >= 15 is 0 Å². The number of benzene rings is 3. The van der Waals surface area contributed by atoms with Crippen LogP contribution in [0.3, 0.4) is 0 Å². The van der Waals surface area contributed by atoms with Gasteiger partial charge in [0.2, 0.25) is 0 Å². The summed E-state index contributed by atoms with van der Waals surface area (Å²) in [6.07, 6.45) is 1.64. The van der Waals surface area contributed by atoms with Gasteiger partial charge in [0.1, 0.15) is 5.82 Å². The monoisotopic (exact) mass is 577 g/mol. The molecule has 0 aromatic heterocycles. The normalized spacial score (nSPS) is 17.0. The molecule has 2 saturated heterocycles. The molecule has 204 valence electrons. The second-order valence-corrected chi connectivity index (χ2v) is 11.0. The Morgan fingerprint density at radius 2 is 1.80 bits per heavy atom. The number of amides is 2. The van der Waals surface area contributed by atoms with Crippen LogP contribution in [0, 0.1) is 15.9 Å². The van der Waals surface area contributed by atoms with Gasteiger partial charge in [-0.3, -0.25) is 24.6 Å². The summed E-state index contributed by atoms with van der Waals surface area (Å²) in [6.45, 7) is 3.21. The van der Waals surface area contributed by atoms with Crippen molar-refractivity contribution in [3.8, 4) is 0 Å². The van der Waals surface area contributed by atoms with Gasteiger partial charge in [-0.15, -0.1) is 0 Å². The molecule has 5 rings (SSSR count). The van der Waals surface area contributed by atoms with Gasteiger partial charge >= 0.3 is 0 Å². The number of nitrogens with one attached hydrogen (secondary N) is 1. The second kappa shape index (κ2) is 11.5. The van der Waals surface area contributed by atoms with Crippen molar-refractivity contribution >= 4 is 68.9 Å². The zero-order valence-corrected chi connectivity index (χ0v) is 23.0. The van der Waals surface area contributed by atoms with Crippen molar-refractivity contribution < 1.29 is 18.9 Å². The summed E-state index contributed by atoms with van der Waals surface area (Å²) in [5, 5.41) is 14.2. The quantitative estimate of drug-likeness (QED) is 0.186. The molecule has 0 bridgehead atoms. The first kappa shape index (κ1) is 27.4. The number of thiocarbonyl (C=S) groups is 1. The Bertz CT molecular complexity index is 1540. The van der Waals surface area contributed by atoms with Gasteiger partial charge in [-0.1, -0.05) is 30.0 Å². The maximum Gasteiger partial charge on any atom is 0.270 e. The molecule has 2 amide bonds. The van der Waals surface area contributed by atoms with Crippen molar-refractivity contribution in [3.63, 3.8) is 0 Å². The number of rotatable bonds is 6. The highest BCUT2D eigenvalue weighted by molar-refractivity contribution is 8.27. The van der Waals surface area contributed by atoms with Gasteiger partial charge in [0.25, 0.3) is 17.5 Å². The molecule has 40 heavy (non-hydrogen) atoms. The van der Waals surface area contributed by atoms with Gasteiger partial charge in [-0.25, -0.2) is 4.39 Å². The average molecular weight is 578 g/mol. The molecule has 2 aliphatic rings. The van der Waals surface area contributed by atoms with Crippen molar-refractivity contribution in [2.24, 2.45) is 0 Å². The lowest BCUT2D eigenvalue weighted by molar-refractivity contribution is -0.384. The predicted octanol–water partition coefficient (Wildman–Crippen LogP) is 5.14. The highest BCUT2D eigenvalue weighted by Crippen LogP contribution is 2.38. The van der Waals surface area contributed by atoms with Crippen LogP contribution < -0.4 is 15.1 Å². The van der Waals surface area contributed by atoms with Crippen LogP contribution in [0.2, 0.25) is 0 Å². The van der Waals surface area contributed by atoms with E-state index in [1.165, 1.54) is 41.3 Å². The lowest BCUT2D eigenvalue weighted by Gasteiger charge is -2.34. The van der Waals surface area contributed by atoms with Crippen LogP contribution in [0.5, 0.6) is 0 Å².